The molecule has 2 aliphatic heterocycles. The van der Waals surface area contributed by atoms with E-state index in [-0.39, 0.29) is 12.1 Å². The summed E-state index contributed by atoms with van der Waals surface area (Å²) in [6.07, 6.45) is 1.89. The van der Waals surface area contributed by atoms with Crippen molar-refractivity contribution in [3.8, 4) is 0 Å². The summed E-state index contributed by atoms with van der Waals surface area (Å²) in [5.41, 5.74) is 0. The third-order valence-corrected chi connectivity index (χ3v) is 3.01. The summed E-state index contributed by atoms with van der Waals surface area (Å²) in [5.74, 6) is -1.22. The molecule has 2 amide bonds. The van der Waals surface area contributed by atoms with Gasteiger partial charge in [-0.25, -0.2) is 4.79 Å². The number of carbonyl (C=O) groups is 2. The van der Waals surface area contributed by atoms with Gasteiger partial charge in [0.1, 0.15) is 0 Å². The first kappa shape index (κ1) is 11.2. The molecule has 1 atom stereocenters. The fourth-order valence-corrected chi connectivity index (χ4v) is 1.92. The highest BCUT2D eigenvalue weighted by atomic mass is 16.5. The van der Waals surface area contributed by atoms with Crippen LogP contribution in [-0.4, -0.2) is 54.4 Å². The second kappa shape index (κ2) is 4.69. The Morgan fingerprint density at radius 1 is 1.38 bits per heavy atom. The molecule has 0 aromatic heterocycles. The molecule has 0 bridgehead atoms. The van der Waals surface area contributed by atoms with E-state index in [0.29, 0.717) is 19.7 Å². The van der Waals surface area contributed by atoms with Crippen LogP contribution in [-0.2, 0) is 9.53 Å². The van der Waals surface area contributed by atoms with Crippen LogP contribution in [0.15, 0.2) is 0 Å². The van der Waals surface area contributed by atoms with Crippen LogP contribution in [0.1, 0.15) is 12.8 Å². The summed E-state index contributed by atoms with van der Waals surface area (Å²) in [6, 6.07) is -0.0990. The predicted molar refractivity (Wildman–Crippen MR) is 55.1 cm³/mol. The second-order valence-corrected chi connectivity index (χ2v) is 4.30. The minimum absolute atomic E-state index is 0.0742. The van der Waals surface area contributed by atoms with Crippen LogP contribution >= 0.6 is 0 Å². The number of ether oxygens (including phenoxy) is 1. The van der Waals surface area contributed by atoms with Gasteiger partial charge in [0.05, 0.1) is 18.6 Å². The lowest BCUT2D eigenvalue weighted by atomic mass is 10.0. The summed E-state index contributed by atoms with van der Waals surface area (Å²) in [4.78, 5) is 23.7. The molecule has 2 N–H and O–H groups in total. The third-order valence-electron chi connectivity index (χ3n) is 3.01. The van der Waals surface area contributed by atoms with E-state index in [1.807, 2.05) is 0 Å². The van der Waals surface area contributed by atoms with E-state index in [1.54, 1.807) is 0 Å². The summed E-state index contributed by atoms with van der Waals surface area (Å²) in [5, 5.41) is 11.5. The van der Waals surface area contributed by atoms with Gasteiger partial charge in [-0.2, -0.15) is 0 Å². The molecule has 6 nitrogen and oxygen atoms in total. The lowest BCUT2D eigenvalue weighted by Crippen LogP contribution is -2.58. The maximum absolute atomic E-state index is 11.6. The molecule has 2 heterocycles. The van der Waals surface area contributed by atoms with E-state index in [0.717, 1.165) is 19.4 Å². The molecule has 0 saturated carbocycles. The van der Waals surface area contributed by atoms with Crippen molar-refractivity contribution < 1.29 is 19.4 Å². The summed E-state index contributed by atoms with van der Waals surface area (Å²) in [7, 11) is 0. The molecule has 0 spiro atoms. The average Bonchev–Trinajstić information content (AvgIpc) is 2.15. The second-order valence-electron chi connectivity index (χ2n) is 4.30. The number of carboxylic acids is 1. The molecule has 16 heavy (non-hydrogen) atoms. The summed E-state index contributed by atoms with van der Waals surface area (Å²) >= 11 is 0. The Balaban J connectivity index is 1.71. The number of urea groups is 1. The van der Waals surface area contributed by atoms with Crippen molar-refractivity contribution in [2.45, 2.75) is 18.9 Å². The fraction of sp³-hybridized carbons (Fsp3) is 0.800. The number of nitrogens with zero attached hydrogens (tertiary/aromatic N) is 1. The first-order chi connectivity index (χ1) is 7.66. The zero-order chi connectivity index (χ0) is 11.5. The molecule has 90 valence electrons. The van der Waals surface area contributed by atoms with Crippen molar-refractivity contribution in [2.75, 3.05) is 26.3 Å². The Hall–Kier alpha value is -1.30. The van der Waals surface area contributed by atoms with Gasteiger partial charge in [0.25, 0.3) is 0 Å². The molecule has 6 heteroatoms. The Labute approximate surface area is 93.6 Å². The number of nitrogens with one attached hydrogen (secondary N) is 1. The standard InChI is InChI=1S/C10H16N2O4/c13-9(14)7-4-12(5-7)10(15)11-8-2-1-3-16-6-8/h7-8H,1-6H2,(H,11,15)(H,13,14). The van der Waals surface area contributed by atoms with Crippen LogP contribution in [0.5, 0.6) is 0 Å². The quantitative estimate of drug-likeness (QED) is 0.691. The monoisotopic (exact) mass is 228 g/mol. The molecule has 1 unspecified atom stereocenters. The number of likely N-dealkylation sites (tertiary alicyclic amines) is 1. The molecule has 0 aromatic rings. The SMILES string of the molecule is O=C(O)C1CN(C(=O)NC2CCCOC2)C1. The van der Waals surface area contributed by atoms with Gasteiger partial charge in [0, 0.05) is 19.7 Å². The van der Waals surface area contributed by atoms with Crippen molar-refractivity contribution in [2.24, 2.45) is 5.92 Å². The largest absolute Gasteiger partial charge is 0.481 e. The molecule has 2 rings (SSSR count). The van der Waals surface area contributed by atoms with E-state index in [2.05, 4.69) is 5.32 Å². The number of carboxylic acid groups (broad SMARTS) is 1. The maximum Gasteiger partial charge on any atom is 0.317 e. The van der Waals surface area contributed by atoms with Gasteiger partial charge in [-0.15, -0.1) is 0 Å². The van der Waals surface area contributed by atoms with E-state index < -0.39 is 11.9 Å². The third kappa shape index (κ3) is 2.44. The number of hydrogen-bond acceptors (Lipinski definition) is 3. The Morgan fingerprint density at radius 2 is 2.12 bits per heavy atom. The van der Waals surface area contributed by atoms with E-state index in [1.165, 1.54) is 4.90 Å². The lowest BCUT2D eigenvalue weighted by Gasteiger charge is -2.37. The van der Waals surface area contributed by atoms with Gasteiger partial charge in [0.15, 0.2) is 0 Å². The Bertz CT molecular complexity index is 283. The molecule has 2 saturated heterocycles. The molecular formula is C10H16N2O4. The topological polar surface area (TPSA) is 78.9 Å². The van der Waals surface area contributed by atoms with Gasteiger partial charge in [-0.05, 0) is 12.8 Å². The molecular weight excluding hydrogens is 212 g/mol. The smallest absolute Gasteiger partial charge is 0.317 e. The highest BCUT2D eigenvalue weighted by Gasteiger charge is 2.36. The van der Waals surface area contributed by atoms with E-state index in [4.69, 9.17) is 9.84 Å². The normalized spacial score (nSPS) is 26.0. The van der Waals surface area contributed by atoms with Crippen LogP contribution in [0.2, 0.25) is 0 Å². The Morgan fingerprint density at radius 3 is 2.69 bits per heavy atom. The first-order valence-corrected chi connectivity index (χ1v) is 5.53. The van der Waals surface area contributed by atoms with Crippen LogP contribution < -0.4 is 5.32 Å². The minimum atomic E-state index is -0.829. The molecule has 0 aromatic carbocycles. The highest BCUT2D eigenvalue weighted by molar-refractivity contribution is 5.79. The zero-order valence-corrected chi connectivity index (χ0v) is 9.02. The van der Waals surface area contributed by atoms with Crippen molar-refractivity contribution in [3.05, 3.63) is 0 Å². The zero-order valence-electron chi connectivity index (χ0n) is 9.02. The average molecular weight is 228 g/mol. The van der Waals surface area contributed by atoms with Crippen molar-refractivity contribution in [1.82, 2.24) is 10.2 Å². The van der Waals surface area contributed by atoms with E-state index in [9.17, 15) is 9.59 Å². The van der Waals surface area contributed by atoms with E-state index >= 15 is 0 Å². The van der Waals surface area contributed by atoms with Gasteiger partial charge < -0.3 is 20.1 Å². The van der Waals surface area contributed by atoms with Crippen LogP contribution in [0.4, 0.5) is 4.79 Å². The number of amides is 2. The minimum Gasteiger partial charge on any atom is -0.481 e. The highest BCUT2D eigenvalue weighted by Crippen LogP contribution is 2.16. The van der Waals surface area contributed by atoms with Crippen molar-refractivity contribution in [3.63, 3.8) is 0 Å². The first-order valence-electron chi connectivity index (χ1n) is 5.53. The van der Waals surface area contributed by atoms with Gasteiger partial charge in [-0.1, -0.05) is 0 Å². The number of aliphatic carboxylic acids is 1. The fourth-order valence-electron chi connectivity index (χ4n) is 1.92. The van der Waals surface area contributed by atoms with Gasteiger partial charge in [-0.3, -0.25) is 4.79 Å². The molecule has 2 fully saturated rings. The van der Waals surface area contributed by atoms with Crippen LogP contribution in [0.25, 0.3) is 0 Å². The molecule has 0 aliphatic carbocycles. The van der Waals surface area contributed by atoms with Crippen molar-refractivity contribution in [1.29, 1.82) is 0 Å². The lowest BCUT2D eigenvalue weighted by molar-refractivity contribution is -0.146. The number of hydrogen-bond donors (Lipinski definition) is 2. The van der Waals surface area contributed by atoms with Crippen molar-refractivity contribution >= 4 is 12.0 Å². The Kier molecular flexibility index (Phi) is 3.28. The summed E-state index contributed by atoms with van der Waals surface area (Å²) in [6.45, 7) is 1.95. The number of rotatable bonds is 2. The molecule has 0 radical (unpaired) electrons. The maximum atomic E-state index is 11.6. The number of carbonyl (C=O) groups excluding carboxylic acids is 1. The summed E-state index contributed by atoms with van der Waals surface area (Å²) < 4.78 is 5.25. The van der Waals surface area contributed by atoms with Gasteiger partial charge in [0.2, 0.25) is 0 Å². The van der Waals surface area contributed by atoms with Gasteiger partial charge >= 0.3 is 12.0 Å². The predicted octanol–water partition coefficient (Wildman–Crippen LogP) is -0.109. The van der Waals surface area contributed by atoms with Crippen LogP contribution in [0, 0.1) is 5.92 Å². The molecule has 2 aliphatic rings. The van der Waals surface area contributed by atoms with Crippen LogP contribution in [0.3, 0.4) is 0 Å².